The summed E-state index contributed by atoms with van der Waals surface area (Å²) in [4.78, 5) is 30.0. The summed E-state index contributed by atoms with van der Waals surface area (Å²) in [6.45, 7) is 0. The van der Waals surface area contributed by atoms with Crippen LogP contribution in [0.5, 0.6) is 0 Å². The molecule has 22 heavy (non-hydrogen) atoms. The van der Waals surface area contributed by atoms with Gasteiger partial charge in [0.2, 0.25) is 5.91 Å². The molecule has 1 aromatic carbocycles. The fraction of sp³-hybridized carbons (Fsp3) is 0.0833. The van der Waals surface area contributed by atoms with Crippen LogP contribution in [0.25, 0.3) is 10.2 Å². The fourth-order valence-corrected chi connectivity index (χ4v) is 4.12. The van der Waals surface area contributed by atoms with Gasteiger partial charge in [-0.1, -0.05) is 23.9 Å². The van der Waals surface area contributed by atoms with Crippen LogP contribution < -0.4 is 5.32 Å². The Hall–Kier alpha value is -2.04. The summed E-state index contributed by atoms with van der Waals surface area (Å²) >= 11 is 3.68. The van der Waals surface area contributed by atoms with Crippen LogP contribution in [0.4, 0.5) is 10.1 Å². The van der Waals surface area contributed by atoms with Crippen LogP contribution in [0.1, 0.15) is 0 Å². The lowest BCUT2D eigenvalue weighted by atomic mass is 10.3. The van der Waals surface area contributed by atoms with Crippen molar-refractivity contribution in [2.24, 2.45) is 0 Å². The lowest BCUT2D eigenvalue weighted by Gasteiger charge is -1.98. The monoisotopic (exact) mass is 352 g/mol. The number of thioether (sulfide) groups is 1. The molecule has 1 N–H and O–H groups in total. The highest BCUT2D eigenvalue weighted by Gasteiger charge is 2.14. The minimum atomic E-state index is -0.538. The minimum absolute atomic E-state index is 0.103. The van der Waals surface area contributed by atoms with E-state index in [2.05, 4.69) is 15.3 Å². The van der Waals surface area contributed by atoms with Gasteiger partial charge in [0.25, 0.3) is 0 Å². The summed E-state index contributed by atoms with van der Waals surface area (Å²) in [7, 11) is 0. The van der Waals surface area contributed by atoms with Crippen LogP contribution >= 0.6 is 34.4 Å². The highest BCUT2D eigenvalue weighted by atomic mass is 32.2. The van der Waals surface area contributed by atoms with Gasteiger partial charge < -0.3 is 5.32 Å². The summed E-state index contributed by atoms with van der Waals surface area (Å²) in [5.41, 5.74) is 0.908. The topological polar surface area (TPSA) is 98.0 Å². The molecule has 112 valence electrons. The number of rotatable bonds is 5. The van der Waals surface area contributed by atoms with Crippen LogP contribution in [0, 0.1) is 10.1 Å². The van der Waals surface area contributed by atoms with Crippen LogP contribution in [-0.4, -0.2) is 26.6 Å². The number of benzene rings is 1. The van der Waals surface area contributed by atoms with Crippen molar-refractivity contribution in [1.29, 1.82) is 0 Å². The zero-order valence-corrected chi connectivity index (χ0v) is 13.3. The van der Waals surface area contributed by atoms with Crippen molar-refractivity contribution in [3.8, 4) is 0 Å². The van der Waals surface area contributed by atoms with Gasteiger partial charge in [-0.05, 0) is 23.5 Å². The highest BCUT2D eigenvalue weighted by molar-refractivity contribution is 8.01. The van der Waals surface area contributed by atoms with Crippen molar-refractivity contribution in [3.63, 3.8) is 0 Å². The first kappa shape index (κ1) is 14.9. The van der Waals surface area contributed by atoms with Crippen molar-refractivity contribution < 1.29 is 9.72 Å². The van der Waals surface area contributed by atoms with Crippen molar-refractivity contribution in [1.82, 2.24) is 9.97 Å². The quantitative estimate of drug-likeness (QED) is 0.429. The number of aromatic nitrogens is 2. The fourth-order valence-electron chi connectivity index (χ4n) is 1.60. The number of nitrogens with one attached hydrogen (secondary N) is 1. The number of nitro groups is 1. The van der Waals surface area contributed by atoms with Gasteiger partial charge in [0, 0.05) is 0 Å². The Kier molecular flexibility index (Phi) is 4.32. The number of carbonyl (C=O) groups excluding carboxylic acids is 1. The molecule has 0 aliphatic heterocycles. The van der Waals surface area contributed by atoms with E-state index in [9.17, 15) is 14.9 Å². The predicted molar refractivity (Wildman–Crippen MR) is 87.7 cm³/mol. The zero-order valence-electron chi connectivity index (χ0n) is 10.9. The van der Waals surface area contributed by atoms with Gasteiger partial charge in [0.15, 0.2) is 9.47 Å². The summed E-state index contributed by atoms with van der Waals surface area (Å²) in [5.74, 6) is -0.0961. The van der Waals surface area contributed by atoms with E-state index in [0.29, 0.717) is 0 Å². The molecular weight excluding hydrogens is 344 g/mol. The minimum Gasteiger partial charge on any atom is -0.301 e. The second-order valence-corrected chi connectivity index (χ2v) is 7.31. The van der Waals surface area contributed by atoms with Gasteiger partial charge in [0.05, 0.1) is 20.9 Å². The molecule has 1 amide bonds. The van der Waals surface area contributed by atoms with E-state index >= 15 is 0 Å². The third kappa shape index (κ3) is 3.40. The maximum absolute atomic E-state index is 11.8. The number of hydrogen-bond donors (Lipinski definition) is 1. The molecule has 7 nitrogen and oxygen atoms in total. The number of amides is 1. The Bertz CT molecular complexity index is 812. The molecule has 10 heteroatoms. The molecule has 0 saturated carbocycles. The van der Waals surface area contributed by atoms with Gasteiger partial charge >= 0.3 is 5.00 Å². The molecule has 3 aromatic rings. The molecule has 0 atom stereocenters. The van der Waals surface area contributed by atoms with E-state index < -0.39 is 4.92 Å². The molecular formula is C12H8N4O3S3. The van der Waals surface area contributed by atoms with Gasteiger partial charge in [-0.15, -0.1) is 11.3 Å². The van der Waals surface area contributed by atoms with Crippen LogP contribution in [0.3, 0.4) is 0 Å². The summed E-state index contributed by atoms with van der Waals surface area (Å²) < 4.78 is 1.88. The smallest absolute Gasteiger partial charge is 0.301 e. The molecule has 0 spiro atoms. The summed E-state index contributed by atoms with van der Waals surface area (Å²) in [5, 5.41) is 13.2. The summed E-state index contributed by atoms with van der Waals surface area (Å²) in [6.07, 6.45) is 1.13. The molecule has 2 aromatic heterocycles. The molecule has 0 fully saturated rings. The number of para-hydroxylation sites is 1. The largest absolute Gasteiger partial charge is 0.345 e. The standard InChI is InChI=1S/C12H8N4O3S3/c17-9(15-11-13-5-10(22-11)16(18)19)6-20-12-14-7-3-1-2-4-8(7)21-12/h1-5H,6H2,(H,13,15,17). The molecule has 0 radical (unpaired) electrons. The van der Waals surface area contributed by atoms with Gasteiger partial charge in [-0.25, -0.2) is 9.97 Å². The van der Waals surface area contributed by atoms with Crippen LogP contribution in [-0.2, 0) is 4.79 Å². The Morgan fingerprint density at radius 3 is 2.91 bits per heavy atom. The lowest BCUT2D eigenvalue weighted by Crippen LogP contribution is -2.13. The van der Waals surface area contributed by atoms with Gasteiger partial charge in [-0.2, -0.15) is 0 Å². The van der Waals surface area contributed by atoms with Crippen molar-refractivity contribution >= 4 is 60.7 Å². The third-order valence-corrected chi connectivity index (χ3v) is 5.56. The Labute approximate surface area is 136 Å². The number of hydrogen-bond acceptors (Lipinski definition) is 8. The van der Waals surface area contributed by atoms with E-state index in [1.807, 2.05) is 24.3 Å². The number of thiazole rings is 2. The number of carbonyl (C=O) groups is 1. The van der Waals surface area contributed by atoms with E-state index in [0.717, 1.165) is 32.1 Å². The maximum Gasteiger partial charge on any atom is 0.345 e. The van der Waals surface area contributed by atoms with Crippen molar-refractivity contribution in [3.05, 3.63) is 40.6 Å². The lowest BCUT2D eigenvalue weighted by molar-refractivity contribution is -0.380. The van der Waals surface area contributed by atoms with Crippen molar-refractivity contribution in [2.45, 2.75) is 4.34 Å². The zero-order chi connectivity index (χ0) is 15.5. The van der Waals surface area contributed by atoms with E-state index in [1.165, 1.54) is 23.1 Å². The Morgan fingerprint density at radius 2 is 2.18 bits per heavy atom. The molecule has 0 unspecified atom stereocenters. The second kappa shape index (κ2) is 6.38. The van der Waals surface area contributed by atoms with Crippen molar-refractivity contribution in [2.75, 3.05) is 11.1 Å². The number of nitrogens with zero attached hydrogens (tertiary/aromatic N) is 3. The first-order chi connectivity index (χ1) is 10.6. The first-order valence-corrected chi connectivity index (χ1v) is 8.62. The third-order valence-electron chi connectivity index (χ3n) is 2.52. The highest BCUT2D eigenvalue weighted by Crippen LogP contribution is 2.30. The maximum atomic E-state index is 11.8. The number of anilines is 1. The summed E-state index contributed by atoms with van der Waals surface area (Å²) in [6, 6.07) is 7.76. The second-order valence-electron chi connectivity index (χ2n) is 4.05. The molecule has 2 heterocycles. The molecule has 0 aliphatic carbocycles. The predicted octanol–water partition coefficient (Wildman–Crippen LogP) is 3.39. The number of fused-ring (bicyclic) bond motifs is 1. The SMILES string of the molecule is O=C(CSc1nc2ccccc2s1)Nc1ncc([N+](=O)[O-])s1. The molecule has 0 saturated heterocycles. The van der Waals surface area contributed by atoms with E-state index in [-0.39, 0.29) is 21.8 Å². The van der Waals surface area contributed by atoms with Gasteiger partial charge in [0.1, 0.15) is 6.20 Å². The molecule has 3 rings (SSSR count). The molecule has 0 aliphatic rings. The Balaban J connectivity index is 1.58. The Morgan fingerprint density at radius 1 is 1.36 bits per heavy atom. The van der Waals surface area contributed by atoms with Crippen LogP contribution in [0.2, 0.25) is 0 Å². The van der Waals surface area contributed by atoms with Gasteiger partial charge in [-0.3, -0.25) is 14.9 Å². The van der Waals surface area contributed by atoms with Crippen LogP contribution in [0.15, 0.2) is 34.8 Å². The first-order valence-electron chi connectivity index (χ1n) is 6.00. The molecule has 0 bridgehead atoms. The normalized spacial score (nSPS) is 10.7. The average Bonchev–Trinajstić information content (AvgIpc) is 3.11. The van der Waals surface area contributed by atoms with E-state index in [4.69, 9.17) is 0 Å². The van der Waals surface area contributed by atoms with E-state index in [1.54, 1.807) is 0 Å². The average molecular weight is 352 g/mol.